The third kappa shape index (κ3) is 5.27. The molecule has 5 N–H and O–H groups in total. The van der Waals surface area contributed by atoms with Gasteiger partial charge in [-0.15, -0.1) is 0 Å². The third-order valence-electron chi connectivity index (χ3n) is 3.03. The number of phenols is 1. The lowest BCUT2D eigenvalue weighted by Crippen LogP contribution is -2.42. The number of nitrogens with two attached hydrogens (primary N) is 1. The van der Waals surface area contributed by atoms with Gasteiger partial charge in [-0.3, -0.25) is 9.59 Å². The molecule has 0 spiro atoms. The van der Waals surface area contributed by atoms with Crippen molar-refractivity contribution in [1.29, 1.82) is 0 Å². The Balaban J connectivity index is 2.35. The minimum atomic E-state index is -0.882. The molecular weight excluding hydrogens is 260 g/mol. The largest absolute Gasteiger partial charge is 0.508 e. The molecule has 0 aliphatic heterocycles. The van der Waals surface area contributed by atoms with Crippen LogP contribution in [-0.2, 0) is 16.0 Å². The molecule has 0 heterocycles. The van der Waals surface area contributed by atoms with Gasteiger partial charge in [-0.2, -0.15) is 0 Å². The number of carbonyl (C=O) groups excluding carboxylic acids is 1. The van der Waals surface area contributed by atoms with E-state index in [-0.39, 0.29) is 18.2 Å². The van der Waals surface area contributed by atoms with Crippen molar-refractivity contribution in [3.63, 3.8) is 0 Å². The van der Waals surface area contributed by atoms with Crippen LogP contribution in [0.15, 0.2) is 24.3 Å². The first-order valence-corrected chi connectivity index (χ1v) is 6.44. The zero-order valence-corrected chi connectivity index (χ0v) is 11.4. The van der Waals surface area contributed by atoms with Crippen LogP contribution < -0.4 is 11.1 Å². The van der Waals surface area contributed by atoms with Crippen LogP contribution in [0, 0.1) is 5.92 Å². The topological polar surface area (TPSA) is 113 Å². The van der Waals surface area contributed by atoms with Crippen molar-refractivity contribution in [3.05, 3.63) is 29.8 Å². The molecule has 0 bridgehead atoms. The van der Waals surface area contributed by atoms with E-state index in [2.05, 4.69) is 5.32 Å². The van der Waals surface area contributed by atoms with Gasteiger partial charge in [0.1, 0.15) is 5.75 Å². The van der Waals surface area contributed by atoms with Crippen LogP contribution in [-0.4, -0.2) is 34.7 Å². The summed E-state index contributed by atoms with van der Waals surface area (Å²) in [7, 11) is 0. The number of rotatable bonds is 7. The lowest BCUT2D eigenvalue weighted by molar-refractivity contribution is -0.141. The van der Waals surface area contributed by atoms with Crippen molar-refractivity contribution in [2.45, 2.75) is 25.8 Å². The molecule has 0 aliphatic rings. The SMILES string of the molecule is CC(CCNC(=O)[C@@H](N)Cc1ccc(O)cc1)C(=O)O. The second-order valence-electron chi connectivity index (χ2n) is 4.80. The van der Waals surface area contributed by atoms with E-state index in [1.807, 2.05) is 0 Å². The molecule has 1 aromatic rings. The van der Waals surface area contributed by atoms with Crippen LogP contribution in [0.1, 0.15) is 18.9 Å². The Labute approximate surface area is 117 Å². The molecule has 0 saturated carbocycles. The Hall–Kier alpha value is -2.08. The second-order valence-corrected chi connectivity index (χ2v) is 4.80. The number of hydrogen-bond acceptors (Lipinski definition) is 4. The standard InChI is InChI=1S/C14H20N2O4/c1-9(14(19)20)6-7-16-13(18)12(15)8-10-2-4-11(17)5-3-10/h2-5,9,12,17H,6-8,15H2,1H3,(H,16,18)(H,19,20)/t9?,12-/m0/s1. The van der Waals surface area contributed by atoms with E-state index >= 15 is 0 Å². The molecule has 0 fully saturated rings. The lowest BCUT2D eigenvalue weighted by Gasteiger charge is -2.13. The van der Waals surface area contributed by atoms with Crippen LogP contribution in [0.3, 0.4) is 0 Å². The van der Waals surface area contributed by atoms with Gasteiger partial charge in [0, 0.05) is 6.54 Å². The van der Waals surface area contributed by atoms with Crippen molar-refractivity contribution in [2.75, 3.05) is 6.54 Å². The number of amides is 1. The van der Waals surface area contributed by atoms with Gasteiger partial charge < -0.3 is 21.3 Å². The van der Waals surface area contributed by atoms with E-state index in [0.29, 0.717) is 12.8 Å². The average molecular weight is 280 g/mol. The summed E-state index contributed by atoms with van der Waals surface area (Å²) in [6.45, 7) is 1.88. The molecule has 1 amide bonds. The van der Waals surface area contributed by atoms with Crippen molar-refractivity contribution in [1.82, 2.24) is 5.32 Å². The molecule has 2 atom stereocenters. The fraction of sp³-hybridized carbons (Fsp3) is 0.429. The molecular formula is C14H20N2O4. The second kappa shape index (κ2) is 7.49. The molecule has 0 saturated heterocycles. The first-order valence-electron chi connectivity index (χ1n) is 6.44. The molecule has 20 heavy (non-hydrogen) atoms. The van der Waals surface area contributed by atoms with Crippen molar-refractivity contribution in [3.8, 4) is 5.75 Å². The van der Waals surface area contributed by atoms with Crippen LogP contribution in [0.5, 0.6) is 5.75 Å². The van der Waals surface area contributed by atoms with Gasteiger partial charge in [0.05, 0.1) is 12.0 Å². The summed E-state index contributed by atoms with van der Waals surface area (Å²) in [4.78, 5) is 22.4. The normalized spacial score (nSPS) is 13.5. The van der Waals surface area contributed by atoms with Crippen LogP contribution in [0.4, 0.5) is 0 Å². The van der Waals surface area contributed by atoms with Gasteiger partial charge in [0.15, 0.2) is 0 Å². The lowest BCUT2D eigenvalue weighted by atomic mass is 10.1. The quantitative estimate of drug-likeness (QED) is 0.580. The summed E-state index contributed by atoms with van der Waals surface area (Å²) < 4.78 is 0. The first-order chi connectivity index (χ1) is 9.40. The Morgan fingerprint density at radius 1 is 1.30 bits per heavy atom. The highest BCUT2D eigenvalue weighted by Crippen LogP contribution is 2.10. The Morgan fingerprint density at radius 2 is 1.90 bits per heavy atom. The van der Waals surface area contributed by atoms with Gasteiger partial charge in [0.25, 0.3) is 0 Å². The van der Waals surface area contributed by atoms with Crippen molar-refractivity contribution >= 4 is 11.9 Å². The predicted molar refractivity (Wildman–Crippen MR) is 74.2 cm³/mol. The molecule has 0 aliphatic carbocycles. The molecule has 0 radical (unpaired) electrons. The smallest absolute Gasteiger partial charge is 0.306 e. The van der Waals surface area contributed by atoms with Gasteiger partial charge in [-0.05, 0) is 30.5 Å². The molecule has 110 valence electrons. The summed E-state index contributed by atoms with van der Waals surface area (Å²) in [6.07, 6.45) is 0.730. The van der Waals surface area contributed by atoms with E-state index < -0.39 is 17.9 Å². The van der Waals surface area contributed by atoms with E-state index in [0.717, 1.165) is 5.56 Å². The zero-order chi connectivity index (χ0) is 15.1. The number of hydrogen-bond donors (Lipinski definition) is 4. The minimum absolute atomic E-state index is 0.162. The summed E-state index contributed by atoms with van der Waals surface area (Å²) in [5.41, 5.74) is 6.62. The fourth-order valence-electron chi connectivity index (χ4n) is 1.65. The summed E-state index contributed by atoms with van der Waals surface area (Å²) >= 11 is 0. The van der Waals surface area contributed by atoms with E-state index in [1.165, 1.54) is 12.1 Å². The maximum Gasteiger partial charge on any atom is 0.306 e. The number of carboxylic acid groups (broad SMARTS) is 1. The van der Waals surface area contributed by atoms with E-state index in [1.54, 1.807) is 19.1 Å². The van der Waals surface area contributed by atoms with Gasteiger partial charge in [-0.1, -0.05) is 19.1 Å². The number of phenolic OH excluding ortho intramolecular Hbond substituents is 1. The van der Waals surface area contributed by atoms with Gasteiger partial charge >= 0.3 is 5.97 Å². The molecule has 1 unspecified atom stereocenters. The fourth-order valence-corrected chi connectivity index (χ4v) is 1.65. The average Bonchev–Trinajstić information content (AvgIpc) is 2.40. The highest BCUT2D eigenvalue weighted by atomic mass is 16.4. The number of carbonyl (C=O) groups is 2. The Bertz CT molecular complexity index is 459. The van der Waals surface area contributed by atoms with Gasteiger partial charge in [0.2, 0.25) is 5.91 Å². The maximum absolute atomic E-state index is 11.7. The molecule has 1 rings (SSSR count). The molecule has 1 aromatic carbocycles. The monoisotopic (exact) mass is 280 g/mol. The summed E-state index contributed by atoms with van der Waals surface area (Å²) in [5.74, 6) is -1.53. The third-order valence-corrected chi connectivity index (χ3v) is 3.03. The van der Waals surface area contributed by atoms with Crippen LogP contribution in [0.2, 0.25) is 0 Å². The Morgan fingerprint density at radius 3 is 2.45 bits per heavy atom. The summed E-state index contributed by atoms with van der Waals surface area (Å²) in [6, 6.07) is 5.78. The van der Waals surface area contributed by atoms with Crippen molar-refractivity contribution < 1.29 is 19.8 Å². The Kier molecular flexibility index (Phi) is 5.99. The zero-order valence-electron chi connectivity index (χ0n) is 11.4. The van der Waals surface area contributed by atoms with Crippen LogP contribution in [0.25, 0.3) is 0 Å². The van der Waals surface area contributed by atoms with E-state index in [9.17, 15) is 9.59 Å². The molecule has 6 nitrogen and oxygen atoms in total. The number of nitrogens with one attached hydrogen (secondary N) is 1. The number of benzene rings is 1. The number of aromatic hydroxyl groups is 1. The van der Waals surface area contributed by atoms with Crippen LogP contribution >= 0.6 is 0 Å². The molecule has 6 heteroatoms. The minimum Gasteiger partial charge on any atom is -0.508 e. The van der Waals surface area contributed by atoms with Gasteiger partial charge in [-0.25, -0.2) is 0 Å². The highest BCUT2D eigenvalue weighted by Gasteiger charge is 2.15. The first kappa shape index (κ1) is 16.0. The summed E-state index contributed by atoms with van der Waals surface area (Å²) in [5, 5.41) is 20.5. The van der Waals surface area contributed by atoms with Crippen molar-refractivity contribution in [2.24, 2.45) is 11.7 Å². The predicted octanol–water partition coefficient (Wildman–Crippen LogP) is 0.489. The highest BCUT2D eigenvalue weighted by molar-refractivity contribution is 5.81. The number of aliphatic carboxylic acids is 1. The maximum atomic E-state index is 11.7. The number of carboxylic acids is 1. The van der Waals surface area contributed by atoms with E-state index in [4.69, 9.17) is 15.9 Å². The molecule has 0 aromatic heterocycles.